The molecule has 0 amide bonds. The second-order valence-corrected chi connectivity index (χ2v) is 5.78. The monoisotopic (exact) mass is 380 g/mol. The molecule has 30 heavy (non-hydrogen) atoms. The highest BCUT2D eigenvalue weighted by Crippen LogP contribution is 2.11. The largest absolute Gasteiger partial charge is 0.317 e. The Balaban J connectivity index is 1.75. The maximum absolute atomic E-state index is 4.95. The van der Waals surface area contributed by atoms with Crippen LogP contribution < -0.4 is 0 Å². The molecule has 0 saturated carbocycles. The minimum atomic E-state index is 0.797. The fourth-order valence-corrected chi connectivity index (χ4v) is 2.37. The first kappa shape index (κ1) is 21.5. The van der Waals surface area contributed by atoms with Crippen molar-refractivity contribution in [3.8, 4) is 95.4 Å². The second kappa shape index (κ2) is 13.4. The number of rotatable bonds is 3. The normalized spacial score (nSPS) is 10.4. The number of terminal acetylenes is 1. The molecule has 0 aliphatic carbocycles. The summed E-state index contributed by atoms with van der Waals surface area (Å²) in [6, 6.07) is 11.5. The van der Waals surface area contributed by atoms with Gasteiger partial charge in [-0.2, -0.15) is 0 Å². The second-order valence-electron chi connectivity index (χ2n) is 5.78. The van der Waals surface area contributed by atoms with Gasteiger partial charge in [0.05, 0.1) is 6.67 Å². The molecular weight excluding hydrogens is 364 g/mol. The summed E-state index contributed by atoms with van der Waals surface area (Å²) in [4.78, 5) is 4.39. The Morgan fingerprint density at radius 3 is 1.83 bits per heavy atom. The molecular formula is C28H16N2. The summed E-state index contributed by atoms with van der Waals surface area (Å²) in [5, 5.41) is 0. The molecule has 0 radical (unpaired) electrons. The number of nitrogens with zero attached hydrogens (tertiary/aromatic N) is 2. The van der Waals surface area contributed by atoms with Gasteiger partial charge in [0.25, 0.3) is 0 Å². The topological polar surface area (TPSA) is 6.48 Å². The van der Waals surface area contributed by atoms with E-state index in [0.717, 1.165) is 31.9 Å². The van der Waals surface area contributed by atoms with E-state index in [1.807, 2.05) is 11.0 Å². The van der Waals surface area contributed by atoms with Crippen molar-refractivity contribution in [3.05, 3.63) is 42.0 Å². The van der Waals surface area contributed by atoms with Crippen LogP contribution in [0.3, 0.4) is 0 Å². The van der Waals surface area contributed by atoms with E-state index in [1.54, 1.807) is 0 Å². The van der Waals surface area contributed by atoms with Crippen LogP contribution in [0.1, 0.15) is 11.1 Å². The highest BCUT2D eigenvalue weighted by atomic mass is 15.4. The Morgan fingerprint density at radius 1 is 0.767 bits per heavy atom. The SMILES string of the molecule is C#CC#CC#CC#CC#CC#CC#CC#CN1CCN(Cc2ccc(C=C)cc2)C1. The molecule has 1 fully saturated rings. The fourth-order valence-electron chi connectivity index (χ4n) is 2.37. The average Bonchev–Trinajstić information content (AvgIpc) is 3.21. The van der Waals surface area contributed by atoms with E-state index in [-0.39, 0.29) is 0 Å². The van der Waals surface area contributed by atoms with Gasteiger partial charge in [0.1, 0.15) is 0 Å². The Kier molecular flexibility index (Phi) is 9.59. The molecule has 0 N–H and O–H groups in total. The van der Waals surface area contributed by atoms with Crippen molar-refractivity contribution in [2.75, 3.05) is 19.8 Å². The molecule has 2 heteroatoms. The van der Waals surface area contributed by atoms with E-state index >= 15 is 0 Å². The zero-order valence-corrected chi connectivity index (χ0v) is 16.4. The first-order valence-electron chi connectivity index (χ1n) is 8.97. The highest BCUT2D eigenvalue weighted by Gasteiger charge is 2.17. The fraction of sp³-hybridized carbons (Fsp3) is 0.143. The van der Waals surface area contributed by atoms with Gasteiger partial charge < -0.3 is 4.90 Å². The smallest absolute Gasteiger partial charge is 0.0787 e. The Hall–Kier alpha value is -4.80. The van der Waals surface area contributed by atoms with Crippen LogP contribution in [0.5, 0.6) is 0 Å². The lowest BCUT2D eigenvalue weighted by atomic mass is 10.1. The number of hydrogen-bond acceptors (Lipinski definition) is 2. The minimum absolute atomic E-state index is 0.797. The molecule has 2 rings (SSSR count). The van der Waals surface area contributed by atoms with Crippen LogP contribution in [0, 0.1) is 95.4 Å². The standard InChI is InChI=1S/C28H16N2/c1-3-5-6-7-8-9-10-11-12-13-14-15-16-17-22-29-23-24-30(26-29)25-28-20-18-27(4-2)19-21-28/h1,4,18-21H,2,23-26H2. The van der Waals surface area contributed by atoms with Crippen LogP contribution in [0.2, 0.25) is 0 Å². The van der Waals surface area contributed by atoms with Crippen molar-refractivity contribution in [1.29, 1.82) is 0 Å². The van der Waals surface area contributed by atoms with Gasteiger partial charge in [-0.15, -0.1) is 6.42 Å². The third-order valence-corrected chi connectivity index (χ3v) is 3.71. The van der Waals surface area contributed by atoms with Crippen LogP contribution in [-0.2, 0) is 6.54 Å². The van der Waals surface area contributed by atoms with Gasteiger partial charge in [-0.25, -0.2) is 0 Å². The van der Waals surface area contributed by atoms with Gasteiger partial charge in [-0.3, -0.25) is 4.90 Å². The van der Waals surface area contributed by atoms with E-state index in [4.69, 9.17) is 6.42 Å². The molecule has 0 bridgehead atoms. The summed E-state index contributed by atoms with van der Waals surface area (Å²) < 4.78 is 0. The lowest BCUT2D eigenvalue weighted by molar-refractivity contribution is 0.288. The first-order chi connectivity index (χ1) is 14.8. The lowest BCUT2D eigenvalue weighted by Gasteiger charge is -2.15. The van der Waals surface area contributed by atoms with Crippen LogP contribution >= 0.6 is 0 Å². The lowest BCUT2D eigenvalue weighted by Crippen LogP contribution is -2.22. The third-order valence-electron chi connectivity index (χ3n) is 3.71. The maximum atomic E-state index is 4.95. The van der Waals surface area contributed by atoms with E-state index in [1.165, 1.54) is 5.56 Å². The number of hydrogen-bond donors (Lipinski definition) is 0. The van der Waals surface area contributed by atoms with Crippen LogP contribution in [0.4, 0.5) is 0 Å². The maximum Gasteiger partial charge on any atom is 0.0787 e. The quantitative estimate of drug-likeness (QED) is 0.741. The molecule has 1 aromatic rings. The van der Waals surface area contributed by atoms with Gasteiger partial charge >= 0.3 is 0 Å². The van der Waals surface area contributed by atoms with Crippen LogP contribution in [0.25, 0.3) is 6.08 Å². The summed E-state index contributed by atoms with van der Waals surface area (Å²) in [5.41, 5.74) is 2.41. The minimum Gasteiger partial charge on any atom is -0.317 e. The van der Waals surface area contributed by atoms with Gasteiger partial charge in [0.15, 0.2) is 0 Å². The van der Waals surface area contributed by atoms with Crippen molar-refractivity contribution >= 4 is 6.08 Å². The molecule has 138 valence electrons. The molecule has 1 aliphatic rings. The predicted octanol–water partition coefficient (Wildman–Crippen LogP) is 2.02. The highest BCUT2D eigenvalue weighted by molar-refractivity contribution is 5.47. The van der Waals surface area contributed by atoms with Gasteiger partial charge in [-0.1, -0.05) is 36.9 Å². The third kappa shape index (κ3) is 8.73. The van der Waals surface area contributed by atoms with Crippen LogP contribution in [-0.4, -0.2) is 29.6 Å². The van der Waals surface area contributed by atoms with Crippen LogP contribution in [0.15, 0.2) is 30.8 Å². The molecule has 2 nitrogen and oxygen atoms in total. The molecule has 0 aromatic heterocycles. The van der Waals surface area contributed by atoms with Crippen molar-refractivity contribution < 1.29 is 0 Å². The Labute approximate surface area is 179 Å². The summed E-state index contributed by atoms with van der Waals surface area (Å²) in [6.07, 6.45) is 6.79. The molecule has 0 unspecified atom stereocenters. The summed E-state index contributed by atoms with van der Waals surface area (Å²) in [7, 11) is 0. The van der Waals surface area contributed by atoms with Gasteiger partial charge in [0.2, 0.25) is 0 Å². The molecule has 1 aromatic carbocycles. The first-order valence-corrected chi connectivity index (χ1v) is 8.97. The summed E-state index contributed by atoms with van der Waals surface area (Å²) in [6.45, 7) is 7.34. The Bertz CT molecular complexity index is 1260. The van der Waals surface area contributed by atoms with Gasteiger partial charge in [-0.05, 0) is 52.6 Å². The van der Waals surface area contributed by atoms with Crippen molar-refractivity contribution in [2.24, 2.45) is 0 Å². The van der Waals surface area contributed by atoms with E-state index in [2.05, 4.69) is 125 Å². The molecule has 1 saturated heterocycles. The molecule has 1 aliphatic heterocycles. The Morgan fingerprint density at radius 2 is 1.30 bits per heavy atom. The molecule has 0 spiro atoms. The average molecular weight is 380 g/mol. The van der Waals surface area contributed by atoms with E-state index in [0.29, 0.717) is 0 Å². The zero-order valence-electron chi connectivity index (χ0n) is 16.4. The predicted molar refractivity (Wildman–Crippen MR) is 122 cm³/mol. The van der Waals surface area contributed by atoms with Gasteiger partial charge in [0, 0.05) is 67.1 Å². The van der Waals surface area contributed by atoms with E-state index in [9.17, 15) is 0 Å². The zero-order chi connectivity index (χ0) is 21.3. The molecule has 0 atom stereocenters. The van der Waals surface area contributed by atoms with Crippen molar-refractivity contribution in [1.82, 2.24) is 9.80 Å². The number of benzene rings is 1. The van der Waals surface area contributed by atoms with Crippen molar-refractivity contribution in [2.45, 2.75) is 6.54 Å². The summed E-state index contributed by atoms with van der Waals surface area (Å²) in [5.74, 6) is 35.4. The van der Waals surface area contributed by atoms with E-state index < -0.39 is 0 Å². The summed E-state index contributed by atoms with van der Waals surface area (Å²) >= 11 is 0. The molecule has 1 heterocycles. The van der Waals surface area contributed by atoms with Crippen molar-refractivity contribution in [3.63, 3.8) is 0 Å².